The number of carboxylic acids is 1. The van der Waals surface area contributed by atoms with E-state index in [0.29, 0.717) is 6.42 Å². The summed E-state index contributed by atoms with van der Waals surface area (Å²) in [6.07, 6.45) is 11.5. The second kappa shape index (κ2) is 13.6. The van der Waals surface area contributed by atoms with E-state index in [1.807, 2.05) is 0 Å². The predicted molar refractivity (Wildman–Crippen MR) is 90.0 cm³/mol. The van der Waals surface area contributed by atoms with Gasteiger partial charge in [0.05, 0.1) is 0 Å². The summed E-state index contributed by atoms with van der Waals surface area (Å²) in [4.78, 5) is 24.3. The number of nitrogens with zero attached hydrogens (tertiary/aromatic N) is 1. The molecule has 0 aliphatic heterocycles. The molecule has 1 unspecified atom stereocenters. The highest BCUT2D eigenvalue weighted by Crippen LogP contribution is 2.10. The SMILES string of the molecule is CCCCCCCCCCCC(=O)NCC(C(=O)O)N(C)C. The van der Waals surface area contributed by atoms with Crippen molar-refractivity contribution in [1.82, 2.24) is 10.2 Å². The van der Waals surface area contributed by atoms with Gasteiger partial charge in [0, 0.05) is 13.0 Å². The standard InChI is InChI=1S/C17H34N2O3/c1-4-5-6-7-8-9-10-11-12-13-16(20)18-14-15(17(21)22)19(2)3/h15H,4-14H2,1-3H3,(H,18,20)(H,21,22). The Labute approximate surface area is 135 Å². The van der Waals surface area contributed by atoms with Gasteiger partial charge in [0.15, 0.2) is 0 Å². The van der Waals surface area contributed by atoms with Crippen molar-refractivity contribution < 1.29 is 14.7 Å². The van der Waals surface area contributed by atoms with E-state index in [4.69, 9.17) is 5.11 Å². The van der Waals surface area contributed by atoms with Crippen molar-refractivity contribution in [2.45, 2.75) is 77.2 Å². The number of nitrogens with one attached hydrogen (secondary N) is 1. The molecule has 0 saturated carbocycles. The highest BCUT2D eigenvalue weighted by molar-refractivity contribution is 5.78. The first-order chi connectivity index (χ1) is 10.5. The minimum Gasteiger partial charge on any atom is -0.480 e. The lowest BCUT2D eigenvalue weighted by Gasteiger charge is -2.20. The molecule has 0 saturated heterocycles. The molecule has 0 aromatic rings. The number of hydrogen-bond donors (Lipinski definition) is 2. The van der Waals surface area contributed by atoms with E-state index in [-0.39, 0.29) is 12.5 Å². The monoisotopic (exact) mass is 314 g/mol. The number of carboxylic acid groups (broad SMARTS) is 1. The molecule has 5 heteroatoms. The molecule has 2 N–H and O–H groups in total. The van der Waals surface area contributed by atoms with Crippen LogP contribution in [0.2, 0.25) is 0 Å². The first kappa shape index (κ1) is 20.9. The minimum absolute atomic E-state index is 0.0453. The molecule has 1 amide bonds. The normalized spacial score (nSPS) is 12.4. The summed E-state index contributed by atoms with van der Waals surface area (Å²) in [6.45, 7) is 2.39. The third-order valence-corrected chi connectivity index (χ3v) is 3.91. The number of likely N-dealkylation sites (N-methyl/N-ethyl adjacent to an activating group) is 1. The number of hydrogen-bond acceptors (Lipinski definition) is 3. The van der Waals surface area contributed by atoms with E-state index in [1.54, 1.807) is 19.0 Å². The van der Waals surface area contributed by atoms with Crippen molar-refractivity contribution in [3.63, 3.8) is 0 Å². The lowest BCUT2D eigenvalue weighted by molar-refractivity contribution is -0.142. The third-order valence-electron chi connectivity index (χ3n) is 3.91. The fraction of sp³-hybridized carbons (Fsp3) is 0.882. The van der Waals surface area contributed by atoms with Gasteiger partial charge in [0.25, 0.3) is 0 Å². The van der Waals surface area contributed by atoms with Gasteiger partial charge < -0.3 is 10.4 Å². The van der Waals surface area contributed by atoms with E-state index in [9.17, 15) is 9.59 Å². The summed E-state index contributed by atoms with van der Waals surface area (Å²) in [5.41, 5.74) is 0. The van der Waals surface area contributed by atoms with Crippen LogP contribution in [0.15, 0.2) is 0 Å². The first-order valence-corrected chi connectivity index (χ1v) is 8.65. The van der Waals surface area contributed by atoms with Crippen molar-refractivity contribution in [1.29, 1.82) is 0 Å². The van der Waals surface area contributed by atoms with E-state index < -0.39 is 12.0 Å². The number of carbonyl (C=O) groups excluding carboxylic acids is 1. The zero-order valence-corrected chi connectivity index (χ0v) is 14.6. The second-order valence-electron chi connectivity index (χ2n) is 6.20. The Kier molecular flexibility index (Phi) is 12.9. The molecule has 1 atom stereocenters. The molecule has 0 aromatic heterocycles. The molecule has 130 valence electrons. The Morgan fingerprint density at radius 1 is 0.955 bits per heavy atom. The van der Waals surface area contributed by atoms with Gasteiger partial charge >= 0.3 is 5.97 Å². The molecule has 0 rings (SSSR count). The maximum absolute atomic E-state index is 11.7. The van der Waals surface area contributed by atoms with Crippen molar-refractivity contribution in [3.05, 3.63) is 0 Å². The van der Waals surface area contributed by atoms with Gasteiger partial charge in [0.2, 0.25) is 5.91 Å². The maximum atomic E-state index is 11.7. The van der Waals surface area contributed by atoms with Gasteiger partial charge in [0.1, 0.15) is 6.04 Å². The molecule has 0 fully saturated rings. The highest BCUT2D eigenvalue weighted by atomic mass is 16.4. The molecule has 0 bridgehead atoms. The van der Waals surface area contributed by atoms with Gasteiger partial charge in [-0.2, -0.15) is 0 Å². The number of rotatable bonds is 14. The summed E-state index contributed by atoms with van der Waals surface area (Å²) < 4.78 is 0. The lowest BCUT2D eigenvalue weighted by atomic mass is 10.1. The summed E-state index contributed by atoms with van der Waals surface area (Å²) in [5, 5.41) is 11.7. The van der Waals surface area contributed by atoms with Crippen LogP contribution in [0.5, 0.6) is 0 Å². The Morgan fingerprint density at radius 2 is 1.45 bits per heavy atom. The average Bonchev–Trinajstić information content (AvgIpc) is 2.45. The topological polar surface area (TPSA) is 69.6 Å². The lowest BCUT2D eigenvalue weighted by Crippen LogP contribution is -2.45. The van der Waals surface area contributed by atoms with Gasteiger partial charge in [-0.25, -0.2) is 0 Å². The zero-order valence-electron chi connectivity index (χ0n) is 14.6. The molecule has 0 radical (unpaired) electrons. The first-order valence-electron chi connectivity index (χ1n) is 8.65. The van der Waals surface area contributed by atoms with E-state index in [0.717, 1.165) is 12.8 Å². The Hall–Kier alpha value is -1.10. The van der Waals surface area contributed by atoms with Crippen LogP contribution in [0.4, 0.5) is 0 Å². The summed E-state index contributed by atoms with van der Waals surface area (Å²) >= 11 is 0. The van der Waals surface area contributed by atoms with Crippen LogP contribution in [0.3, 0.4) is 0 Å². The van der Waals surface area contributed by atoms with E-state index in [2.05, 4.69) is 12.2 Å². The second-order valence-corrected chi connectivity index (χ2v) is 6.20. The molecule has 0 aliphatic carbocycles. The van der Waals surface area contributed by atoms with E-state index in [1.165, 1.54) is 44.9 Å². The number of aliphatic carboxylic acids is 1. The Bertz CT molecular complexity index is 306. The Balaban J connectivity index is 3.52. The number of unbranched alkanes of at least 4 members (excludes halogenated alkanes) is 8. The molecule has 0 spiro atoms. The third kappa shape index (κ3) is 11.5. The highest BCUT2D eigenvalue weighted by Gasteiger charge is 2.20. The van der Waals surface area contributed by atoms with Gasteiger partial charge in [-0.3, -0.25) is 14.5 Å². The smallest absolute Gasteiger partial charge is 0.322 e. The summed E-state index contributed by atoms with van der Waals surface area (Å²) in [5.74, 6) is -0.954. The largest absolute Gasteiger partial charge is 0.480 e. The van der Waals surface area contributed by atoms with Crippen LogP contribution < -0.4 is 5.32 Å². The minimum atomic E-state index is -0.909. The summed E-state index contributed by atoms with van der Waals surface area (Å²) in [6, 6.07) is -0.660. The number of amides is 1. The van der Waals surface area contributed by atoms with Crippen LogP contribution in [0.1, 0.15) is 71.1 Å². The Morgan fingerprint density at radius 3 is 1.91 bits per heavy atom. The van der Waals surface area contributed by atoms with Crippen LogP contribution in [0, 0.1) is 0 Å². The van der Waals surface area contributed by atoms with Gasteiger partial charge in [-0.15, -0.1) is 0 Å². The van der Waals surface area contributed by atoms with Crippen LogP contribution >= 0.6 is 0 Å². The number of carbonyl (C=O) groups is 2. The van der Waals surface area contributed by atoms with Crippen LogP contribution in [-0.4, -0.2) is 48.6 Å². The molecule has 0 aliphatic rings. The van der Waals surface area contributed by atoms with Crippen LogP contribution in [-0.2, 0) is 9.59 Å². The average molecular weight is 314 g/mol. The zero-order chi connectivity index (χ0) is 16.8. The molecule has 0 heterocycles. The fourth-order valence-corrected chi connectivity index (χ4v) is 2.39. The molecule has 5 nitrogen and oxygen atoms in total. The van der Waals surface area contributed by atoms with Crippen molar-refractivity contribution in [2.75, 3.05) is 20.6 Å². The fourth-order valence-electron chi connectivity index (χ4n) is 2.39. The van der Waals surface area contributed by atoms with Crippen molar-refractivity contribution >= 4 is 11.9 Å². The molecular weight excluding hydrogens is 280 g/mol. The molecule has 22 heavy (non-hydrogen) atoms. The van der Waals surface area contributed by atoms with Crippen molar-refractivity contribution in [3.8, 4) is 0 Å². The summed E-state index contributed by atoms with van der Waals surface area (Å²) in [7, 11) is 3.40. The molecular formula is C17H34N2O3. The van der Waals surface area contributed by atoms with Crippen molar-refractivity contribution in [2.24, 2.45) is 0 Å². The van der Waals surface area contributed by atoms with Gasteiger partial charge in [-0.1, -0.05) is 58.3 Å². The van der Waals surface area contributed by atoms with Crippen LogP contribution in [0.25, 0.3) is 0 Å². The van der Waals surface area contributed by atoms with Gasteiger partial charge in [-0.05, 0) is 20.5 Å². The quantitative estimate of drug-likeness (QED) is 0.484. The molecule has 0 aromatic carbocycles. The predicted octanol–water partition coefficient (Wildman–Crippen LogP) is 3.04. The maximum Gasteiger partial charge on any atom is 0.322 e. The van der Waals surface area contributed by atoms with E-state index >= 15 is 0 Å².